The number of thiophene rings is 1. The highest BCUT2D eigenvalue weighted by molar-refractivity contribution is 8.00. The van der Waals surface area contributed by atoms with Gasteiger partial charge in [0.1, 0.15) is 5.01 Å². The molecule has 120 valence electrons. The Labute approximate surface area is 147 Å². The summed E-state index contributed by atoms with van der Waals surface area (Å²) in [7, 11) is -3.25. The minimum Gasteiger partial charge on any atom is -0.284 e. The summed E-state index contributed by atoms with van der Waals surface area (Å²) in [6.45, 7) is 0. The topological polar surface area (TPSA) is 59.1 Å². The maximum absolute atomic E-state index is 11.2. The molecular weight excluding hydrogens is 368 g/mol. The molecule has 4 nitrogen and oxygen atoms in total. The van der Waals surface area contributed by atoms with E-state index in [4.69, 9.17) is 4.98 Å². The second-order valence-corrected chi connectivity index (χ2v) is 9.41. The molecule has 3 rings (SSSR count). The molecule has 0 spiro atoms. The lowest BCUT2D eigenvalue weighted by Gasteiger charge is -2.04. The molecule has 0 aliphatic carbocycles. The van der Waals surface area contributed by atoms with Crippen LogP contribution in [0, 0.1) is 0 Å². The summed E-state index contributed by atoms with van der Waals surface area (Å²) in [6, 6.07) is 9.32. The van der Waals surface area contributed by atoms with Crippen molar-refractivity contribution in [3.63, 3.8) is 0 Å². The number of nitrogens with zero attached hydrogens (tertiary/aromatic N) is 1. The van der Waals surface area contributed by atoms with E-state index < -0.39 is 10.0 Å². The van der Waals surface area contributed by atoms with Gasteiger partial charge in [-0.25, -0.2) is 13.4 Å². The van der Waals surface area contributed by atoms with Gasteiger partial charge in [-0.05, 0) is 29.8 Å². The number of hydrogen-bond donors (Lipinski definition) is 1. The minimum atomic E-state index is -3.25. The first-order chi connectivity index (χ1) is 11.0. The van der Waals surface area contributed by atoms with Crippen molar-refractivity contribution in [3.8, 4) is 21.8 Å². The number of benzene rings is 1. The average Bonchev–Trinajstić information content (AvgIpc) is 3.15. The molecule has 0 fully saturated rings. The highest BCUT2D eigenvalue weighted by Crippen LogP contribution is 2.37. The van der Waals surface area contributed by atoms with Gasteiger partial charge < -0.3 is 0 Å². The molecule has 0 bridgehead atoms. The Morgan fingerprint density at radius 2 is 1.87 bits per heavy atom. The zero-order valence-electron chi connectivity index (χ0n) is 12.4. The number of rotatable bonds is 5. The van der Waals surface area contributed by atoms with Crippen LogP contribution in [0.4, 0.5) is 5.69 Å². The van der Waals surface area contributed by atoms with Crippen LogP contribution in [0.5, 0.6) is 0 Å². The van der Waals surface area contributed by atoms with E-state index in [1.165, 1.54) is 9.77 Å². The standard InChI is InChI=1S/C15H14N2O2S4/c1-20-15-12(7-8-21-15)14-16-13(9-22-14)10-3-5-11(6-4-10)17-23(2,18)19/h3-9,17H,1-2H3. The number of nitrogens with one attached hydrogen (secondary N) is 1. The maximum Gasteiger partial charge on any atom is 0.229 e. The van der Waals surface area contributed by atoms with Gasteiger partial charge in [-0.15, -0.1) is 34.4 Å². The Morgan fingerprint density at radius 1 is 1.13 bits per heavy atom. The number of thioether (sulfide) groups is 1. The van der Waals surface area contributed by atoms with E-state index in [-0.39, 0.29) is 0 Å². The second kappa shape index (κ2) is 6.64. The van der Waals surface area contributed by atoms with Crippen molar-refractivity contribution in [2.45, 2.75) is 4.21 Å². The van der Waals surface area contributed by atoms with Gasteiger partial charge in [0.15, 0.2) is 0 Å². The Bertz CT molecular complexity index is 911. The molecular formula is C15H14N2O2S4. The van der Waals surface area contributed by atoms with Crippen molar-refractivity contribution in [2.75, 3.05) is 17.2 Å². The van der Waals surface area contributed by atoms with E-state index in [1.807, 2.05) is 17.5 Å². The van der Waals surface area contributed by atoms with Gasteiger partial charge in [0.25, 0.3) is 0 Å². The molecule has 0 aliphatic heterocycles. The average molecular weight is 383 g/mol. The van der Waals surface area contributed by atoms with Crippen molar-refractivity contribution < 1.29 is 8.42 Å². The van der Waals surface area contributed by atoms with Crippen LogP contribution in [0.1, 0.15) is 0 Å². The predicted molar refractivity (Wildman–Crippen MR) is 101 cm³/mol. The van der Waals surface area contributed by atoms with Crippen molar-refractivity contribution in [1.82, 2.24) is 4.98 Å². The van der Waals surface area contributed by atoms with Gasteiger partial charge in [0.05, 0.1) is 16.2 Å². The Balaban J connectivity index is 1.86. The molecule has 0 amide bonds. The van der Waals surface area contributed by atoms with E-state index in [9.17, 15) is 8.42 Å². The molecule has 1 aromatic carbocycles. The van der Waals surface area contributed by atoms with Crippen LogP contribution < -0.4 is 4.72 Å². The van der Waals surface area contributed by atoms with E-state index in [2.05, 4.69) is 22.4 Å². The molecule has 0 atom stereocenters. The molecule has 0 radical (unpaired) electrons. The molecule has 0 unspecified atom stereocenters. The van der Waals surface area contributed by atoms with Crippen molar-refractivity contribution in [3.05, 3.63) is 41.1 Å². The number of aromatic nitrogens is 1. The summed E-state index contributed by atoms with van der Waals surface area (Å²) in [5.41, 5.74) is 3.59. The third-order valence-electron chi connectivity index (χ3n) is 3.03. The number of thiazole rings is 1. The van der Waals surface area contributed by atoms with E-state index in [1.54, 1.807) is 46.6 Å². The summed E-state index contributed by atoms with van der Waals surface area (Å²) in [6.07, 6.45) is 3.20. The number of hydrogen-bond acceptors (Lipinski definition) is 6. The molecule has 23 heavy (non-hydrogen) atoms. The van der Waals surface area contributed by atoms with Gasteiger partial charge in [-0.2, -0.15) is 0 Å². The van der Waals surface area contributed by atoms with Gasteiger partial charge >= 0.3 is 0 Å². The Morgan fingerprint density at radius 3 is 2.52 bits per heavy atom. The molecule has 2 heterocycles. The van der Waals surface area contributed by atoms with E-state index in [0.717, 1.165) is 22.5 Å². The van der Waals surface area contributed by atoms with Crippen LogP contribution in [0.2, 0.25) is 0 Å². The first kappa shape index (κ1) is 16.5. The largest absolute Gasteiger partial charge is 0.284 e. The van der Waals surface area contributed by atoms with Crippen LogP contribution in [-0.4, -0.2) is 25.9 Å². The smallest absolute Gasteiger partial charge is 0.229 e. The lowest BCUT2D eigenvalue weighted by molar-refractivity contribution is 0.607. The third-order valence-corrected chi connectivity index (χ3v) is 6.60. The maximum atomic E-state index is 11.2. The SMILES string of the molecule is CSc1sccc1-c1nc(-c2ccc(NS(C)(=O)=O)cc2)cs1. The molecule has 0 saturated carbocycles. The quantitative estimate of drug-likeness (QED) is 0.654. The van der Waals surface area contributed by atoms with Crippen molar-refractivity contribution in [2.24, 2.45) is 0 Å². The molecule has 2 aromatic heterocycles. The summed E-state index contributed by atoms with van der Waals surface area (Å²) in [5.74, 6) is 0. The first-order valence-electron chi connectivity index (χ1n) is 6.62. The van der Waals surface area contributed by atoms with Crippen LogP contribution in [0.15, 0.2) is 45.3 Å². The highest BCUT2D eigenvalue weighted by Gasteiger charge is 2.11. The fourth-order valence-corrected chi connectivity index (χ4v) is 5.17. The fourth-order valence-electron chi connectivity index (χ4n) is 2.07. The predicted octanol–water partition coefficient (Wildman–Crippen LogP) is 4.63. The van der Waals surface area contributed by atoms with Crippen LogP contribution in [0.3, 0.4) is 0 Å². The summed E-state index contributed by atoms with van der Waals surface area (Å²) >= 11 is 5.07. The summed E-state index contributed by atoms with van der Waals surface area (Å²) in [5, 5.41) is 5.10. The molecule has 0 saturated heterocycles. The van der Waals surface area contributed by atoms with Crippen LogP contribution >= 0.6 is 34.4 Å². The zero-order chi connectivity index (χ0) is 16.4. The van der Waals surface area contributed by atoms with Crippen molar-refractivity contribution >= 4 is 50.1 Å². The third kappa shape index (κ3) is 3.95. The molecule has 1 N–H and O–H groups in total. The Hall–Kier alpha value is -1.35. The monoisotopic (exact) mass is 382 g/mol. The normalized spacial score (nSPS) is 11.6. The molecule has 3 aromatic rings. The zero-order valence-corrected chi connectivity index (χ0v) is 15.7. The number of anilines is 1. The van der Waals surface area contributed by atoms with E-state index >= 15 is 0 Å². The lowest BCUT2D eigenvalue weighted by Crippen LogP contribution is -2.09. The summed E-state index contributed by atoms with van der Waals surface area (Å²) in [4.78, 5) is 4.71. The highest BCUT2D eigenvalue weighted by atomic mass is 32.2. The molecule has 0 aliphatic rings. The van der Waals surface area contributed by atoms with Gasteiger partial charge in [-0.3, -0.25) is 4.72 Å². The fraction of sp³-hybridized carbons (Fsp3) is 0.133. The van der Waals surface area contributed by atoms with Crippen LogP contribution in [-0.2, 0) is 10.0 Å². The van der Waals surface area contributed by atoms with Gasteiger partial charge in [0, 0.05) is 22.2 Å². The van der Waals surface area contributed by atoms with E-state index in [0.29, 0.717) is 5.69 Å². The van der Waals surface area contributed by atoms with Crippen LogP contribution in [0.25, 0.3) is 21.8 Å². The second-order valence-electron chi connectivity index (χ2n) is 4.82. The Kier molecular flexibility index (Phi) is 4.77. The van der Waals surface area contributed by atoms with Gasteiger partial charge in [-0.1, -0.05) is 12.1 Å². The summed E-state index contributed by atoms with van der Waals surface area (Å²) < 4.78 is 26.2. The first-order valence-corrected chi connectivity index (χ1v) is 11.5. The number of sulfonamides is 1. The lowest BCUT2D eigenvalue weighted by atomic mass is 10.1. The minimum absolute atomic E-state index is 0.550. The molecule has 8 heteroatoms. The van der Waals surface area contributed by atoms with Crippen molar-refractivity contribution in [1.29, 1.82) is 0 Å². The van der Waals surface area contributed by atoms with Gasteiger partial charge in [0.2, 0.25) is 10.0 Å².